The van der Waals surface area contributed by atoms with Gasteiger partial charge >= 0.3 is 0 Å². The summed E-state index contributed by atoms with van der Waals surface area (Å²) >= 11 is 1.76. The molecule has 0 heterocycles. The molecule has 1 aromatic rings. The summed E-state index contributed by atoms with van der Waals surface area (Å²) in [6.45, 7) is 4.25. The van der Waals surface area contributed by atoms with E-state index in [0.717, 1.165) is 6.42 Å². The van der Waals surface area contributed by atoms with Gasteiger partial charge in [-0.25, -0.2) is 0 Å². The van der Waals surface area contributed by atoms with E-state index in [1.165, 1.54) is 10.5 Å². The smallest absolute Gasteiger partial charge is 0.0688 e. The van der Waals surface area contributed by atoms with Gasteiger partial charge in [-0.1, -0.05) is 25.0 Å². The fraction of sp³-hybridized carbons (Fsp3) is 0.429. The minimum atomic E-state index is 0.162. The van der Waals surface area contributed by atoms with E-state index in [4.69, 9.17) is 6.42 Å². The van der Waals surface area contributed by atoms with Crippen LogP contribution >= 0.6 is 11.8 Å². The highest BCUT2D eigenvalue weighted by atomic mass is 32.2. The van der Waals surface area contributed by atoms with Gasteiger partial charge in [0.25, 0.3) is 0 Å². The summed E-state index contributed by atoms with van der Waals surface area (Å²) in [7, 11) is 0. The zero-order chi connectivity index (χ0) is 12.0. The van der Waals surface area contributed by atoms with E-state index in [9.17, 15) is 0 Å². The highest BCUT2D eigenvalue weighted by Crippen LogP contribution is 2.19. The van der Waals surface area contributed by atoms with Crippen LogP contribution in [0.3, 0.4) is 0 Å². The van der Waals surface area contributed by atoms with Gasteiger partial charge < -0.3 is 0 Å². The Hall–Kier alpha value is -0.910. The first-order valence-electron chi connectivity index (χ1n) is 5.57. The fourth-order valence-corrected chi connectivity index (χ4v) is 1.98. The Balaban J connectivity index is 2.65. The largest absolute Gasteiger partial charge is 0.297 e. The van der Waals surface area contributed by atoms with Gasteiger partial charge in [0.2, 0.25) is 0 Å². The molecule has 16 heavy (non-hydrogen) atoms. The zero-order valence-corrected chi connectivity index (χ0v) is 11.0. The van der Waals surface area contributed by atoms with E-state index in [0.29, 0.717) is 6.04 Å². The summed E-state index contributed by atoms with van der Waals surface area (Å²) in [4.78, 5) is 1.29. The van der Waals surface area contributed by atoms with Crippen molar-refractivity contribution in [2.75, 3.05) is 6.26 Å². The molecule has 2 unspecified atom stereocenters. The third-order valence-electron chi connectivity index (χ3n) is 2.68. The van der Waals surface area contributed by atoms with E-state index in [1.807, 2.05) is 0 Å². The monoisotopic (exact) mass is 233 g/mol. The van der Waals surface area contributed by atoms with Gasteiger partial charge in [0.05, 0.1) is 6.04 Å². The number of benzene rings is 1. The predicted octanol–water partition coefficient (Wildman–Crippen LogP) is 3.47. The normalized spacial score (nSPS) is 14.1. The number of rotatable bonds is 5. The number of nitrogens with one attached hydrogen (secondary N) is 1. The maximum absolute atomic E-state index is 5.44. The molecule has 0 bridgehead atoms. The van der Waals surface area contributed by atoms with E-state index in [1.54, 1.807) is 11.8 Å². The van der Waals surface area contributed by atoms with Crippen LogP contribution in [0.25, 0.3) is 0 Å². The molecule has 0 radical (unpaired) electrons. The lowest BCUT2D eigenvalue weighted by atomic mass is 10.1. The van der Waals surface area contributed by atoms with E-state index in [2.05, 4.69) is 55.6 Å². The quantitative estimate of drug-likeness (QED) is 0.617. The summed E-state index contributed by atoms with van der Waals surface area (Å²) in [5.74, 6) is 2.76. The Labute approximate surface area is 103 Å². The van der Waals surface area contributed by atoms with Crippen molar-refractivity contribution in [3.05, 3.63) is 29.8 Å². The maximum atomic E-state index is 5.44. The van der Waals surface area contributed by atoms with Crippen molar-refractivity contribution < 1.29 is 0 Å². The second-order valence-electron chi connectivity index (χ2n) is 3.79. The number of thioether (sulfide) groups is 1. The molecule has 0 aliphatic heterocycles. The molecular weight excluding hydrogens is 214 g/mol. The molecule has 0 aliphatic rings. The first-order chi connectivity index (χ1) is 7.71. The molecule has 0 saturated heterocycles. The van der Waals surface area contributed by atoms with Crippen LogP contribution in [0.5, 0.6) is 0 Å². The van der Waals surface area contributed by atoms with Crippen LogP contribution in [0.4, 0.5) is 0 Å². The lowest BCUT2D eigenvalue weighted by Gasteiger charge is -2.18. The summed E-state index contributed by atoms with van der Waals surface area (Å²) in [6.07, 6.45) is 8.49. The van der Waals surface area contributed by atoms with Crippen LogP contribution in [0.15, 0.2) is 29.2 Å². The van der Waals surface area contributed by atoms with Gasteiger partial charge in [-0.3, -0.25) is 5.32 Å². The van der Waals surface area contributed by atoms with Gasteiger partial charge in [-0.15, -0.1) is 18.2 Å². The molecule has 1 N–H and O–H groups in total. The summed E-state index contributed by atoms with van der Waals surface area (Å²) in [6, 6.07) is 9.08. The fourth-order valence-electron chi connectivity index (χ4n) is 1.57. The molecule has 1 nitrogen and oxygen atoms in total. The molecule has 0 spiro atoms. The topological polar surface area (TPSA) is 12.0 Å². The van der Waals surface area contributed by atoms with Gasteiger partial charge in [0, 0.05) is 10.9 Å². The minimum absolute atomic E-state index is 0.162. The Kier molecular flexibility index (Phi) is 5.45. The molecule has 86 valence electrons. The van der Waals surface area contributed by atoms with Crippen molar-refractivity contribution in [2.45, 2.75) is 37.2 Å². The number of hydrogen-bond donors (Lipinski definition) is 1. The second-order valence-corrected chi connectivity index (χ2v) is 4.67. The molecule has 2 heteroatoms. The van der Waals surface area contributed by atoms with E-state index >= 15 is 0 Å². The van der Waals surface area contributed by atoms with Crippen molar-refractivity contribution in [1.82, 2.24) is 5.32 Å². The summed E-state index contributed by atoms with van der Waals surface area (Å²) < 4.78 is 0. The van der Waals surface area contributed by atoms with Crippen molar-refractivity contribution in [3.63, 3.8) is 0 Å². The number of terminal acetylenes is 1. The van der Waals surface area contributed by atoms with Crippen molar-refractivity contribution in [2.24, 2.45) is 0 Å². The van der Waals surface area contributed by atoms with Crippen LogP contribution < -0.4 is 5.32 Å². The molecule has 0 amide bonds. The molecule has 2 atom stereocenters. The minimum Gasteiger partial charge on any atom is -0.297 e. The average Bonchev–Trinajstić information content (AvgIpc) is 2.35. The van der Waals surface area contributed by atoms with Crippen molar-refractivity contribution >= 4 is 11.8 Å². The lowest BCUT2D eigenvalue weighted by molar-refractivity contribution is 0.512. The second kappa shape index (κ2) is 6.62. The van der Waals surface area contributed by atoms with Crippen LogP contribution in [-0.2, 0) is 0 Å². The van der Waals surface area contributed by atoms with Crippen LogP contribution in [0.2, 0.25) is 0 Å². The molecule has 1 aromatic carbocycles. The highest BCUT2D eigenvalue weighted by molar-refractivity contribution is 7.98. The van der Waals surface area contributed by atoms with Gasteiger partial charge in [-0.2, -0.15) is 0 Å². The van der Waals surface area contributed by atoms with Crippen LogP contribution in [0.1, 0.15) is 31.9 Å². The first-order valence-corrected chi connectivity index (χ1v) is 6.79. The zero-order valence-electron chi connectivity index (χ0n) is 10.2. The molecule has 0 saturated carbocycles. The Morgan fingerprint density at radius 2 is 2.00 bits per heavy atom. The Morgan fingerprint density at radius 3 is 2.44 bits per heavy atom. The lowest BCUT2D eigenvalue weighted by Crippen LogP contribution is -2.29. The Morgan fingerprint density at radius 1 is 1.38 bits per heavy atom. The third kappa shape index (κ3) is 3.59. The highest BCUT2D eigenvalue weighted by Gasteiger charge is 2.09. The number of hydrogen-bond acceptors (Lipinski definition) is 2. The van der Waals surface area contributed by atoms with Gasteiger partial charge in [0.1, 0.15) is 0 Å². The van der Waals surface area contributed by atoms with E-state index < -0.39 is 0 Å². The SMILES string of the molecule is C#CC(CC)NC(C)c1ccc(SC)cc1. The molecular formula is C14H19NS. The maximum Gasteiger partial charge on any atom is 0.0688 e. The van der Waals surface area contributed by atoms with E-state index in [-0.39, 0.29) is 6.04 Å². The third-order valence-corrected chi connectivity index (χ3v) is 3.42. The van der Waals surface area contributed by atoms with Crippen molar-refractivity contribution in [3.8, 4) is 12.3 Å². The molecule has 0 aliphatic carbocycles. The summed E-state index contributed by atoms with van der Waals surface area (Å²) in [5.41, 5.74) is 1.28. The molecule has 0 fully saturated rings. The average molecular weight is 233 g/mol. The standard InChI is InChI=1S/C14H19NS/c1-5-13(6-2)15-11(3)12-7-9-14(16-4)10-8-12/h1,7-11,13,15H,6H2,2-4H3. The van der Waals surface area contributed by atoms with Crippen LogP contribution in [-0.4, -0.2) is 12.3 Å². The molecule has 1 rings (SSSR count). The molecule has 0 aromatic heterocycles. The van der Waals surface area contributed by atoms with Crippen LogP contribution in [0, 0.1) is 12.3 Å². The van der Waals surface area contributed by atoms with Gasteiger partial charge in [0.15, 0.2) is 0 Å². The first kappa shape index (κ1) is 13.2. The summed E-state index contributed by atoms with van der Waals surface area (Å²) in [5, 5.41) is 3.43. The van der Waals surface area contributed by atoms with Gasteiger partial charge in [-0.05, 0) is 37.3 Å². The van der Waals surface area contributed by atoms with Crippen molar-refractivity contribution in [1.29, 1.82) is 0 Å². The predicted molar refractivity (Wildman–Crippen MR) is 72.7 cm³/mol. The Bertz CT molecular complexity index is 350.